The molecule has 1 aromatic rings. The van der Waals surface area contributed by atoms with Crippen LogP contribution in [0.15, 0.2) is 23.1 Å². The fourth-order valence-electron chi connectivity index (χ4n) is 3.13. The second-order valence-electron chi connectivity index (χ2n) is 7.05. The largest absolute Gasteiger partial charge is 0.376 e. The first-order valence-electron chi connectivity index (χ1n) is 8.78. The van der Waals surface area contributed by atoms with E-state index in [1.807, 2.05) is 6.92 Å². The van der Waals surface area contributed by atoms with Crippen molar-refractivity contribution in [2.24, 2.45) is 5.92 Å². The monoisotopic (exact) mass is 367 g/mol. The quantitative estimate of drug-likeness (QED) is 0.809. The van der Waals surface area contributed by atoms with Crippen molar-refractivity contribution >= 4 is 21.6 Å². The number of rotatable bonds is 6. The maximum atomic E-state index is 12.3. The van der Waals surface area contributed by atoms with Crippen LogP contribution in [-0.4, -0.2) is 45.3 Å². The van der Waals surface area contributed by atoms with Gasteiger partial charge in [0.15, 0.2) is 0 Å². The fraction of sp³-hybridized carbons (Fsp3) is 0.611. The summed E-state index contributed by atoms with van der Waals surface area (Å²) in [5.74, 6) is 0.451. The van der Waals surface area contributed by atoms with Gasteiger partial charge in [-0.15, -0.1) is 0 Å². The van der Waals surface area contributed by atoms with E-state index in [9.17, 15) is 13.2 Å². The average molecular weight is 368 g/mol. The Morgan fingerprint density at radius 3 is 2.56 bits per heavy atom. The van der Waals surface area contributed by atoms with Crippen molar-refractivity contribution in [3.05, 3.63) is 23.8 Å². The molecule has 2 rings (SSSR count). The number of nitrogens with one attached hydrogen (secondary N) is 2. The zero-order valence-electron chi connectivity index (χ0n) is 15.5. The third-order valence-electron chi connectivity index (χ3n) is 4.88. The van der Waals surface area contributed by atoms with Gasteiger partial charge < -0.3 is 10.6 Å². The summed E-state index contributed by atoms with van der Waals surface area (Å²) in [4.78, 5) is 12.4. The Morgan fingerprint density at radius 1 is 1.24 bits per heavy atom. The number of carbonyl (C=O) groups is 1. The molecule has 6 nitrogen and oxygen atoms in total. The van der Waals surface area contributed by atoms with E-state index in [1.54, 1.807) is 18.2 Å². The van der Waals surface area contributed by atoms with Crippen molar-refractivity contribution in [2.45, 2.75) is 50.5 Å². The lowest BCUT2D eigenvalue weighted by atomic mass is 9.86. The first-order chi connectivity index (χ1) is 11.7. The number of benzene rings is 1. The highest BCUT2D eigenvalue weighted by Gasteiger charge is 2.23. The number of sulfonamides is 1. The SMILES string of the molecule is Cc1ccc(S(=O)(=O)N(C)C)cc1NCC(=O)NC1CCCCC1C. The van der Waals surface area contributed by atoms with Gasteiger partial charge in [0.2, 0.25) is 15.9 Å². The van der Waals surface area contributed by atoms with Gasteiger partial charge >= 0.3 is 0 Å². The summed E-state index contributed by atoms with van der Waals surface area (Å²) in [6.45, 7) is 4.20. The summed E-state index contributed by atoms with van der Waals surface area (Å²) in [5, 5.41) is 6.17. The van der Waals surface area contributed by atoms with Crippen molar-refractivity contribution in [1.82, 2.24) is 9.62 Å². The van der Waals surface area contributed by atoms with E-state index in [0.717, 1.165) is 24.8 Å². The second-order valence-corrected chi connectivity index (χ2v) is 9.21. The molecule has 2 unspecified atom stereocenters. The second kappa shape index (κ2) is 8.19. The van der Waals surface area contributed by atoms with Gasteiger partial charge in [-0.2, -0.15) is 0 Å². The van der Waals surface area contributed by atoms with Crippen LogP contribution >= 0.6 is 0 Å². The molecule has 1 saturated carbocycles. The molecule has 1 aliphatic rings. The molecule has 1 aromatic carbocycles. The lowest BCUT2D eigenvalue weighted by Crippen LogP contribution is -2.43. The minimum Gasteiger partial charge on any atom is -0.376 e. The molecule has 0 radical (unpaired) electrons. The van der Waals surface area contributed by atoms with Crippen molar-refractivity contribution in [3.8, 4) is 0 Å². The molecule has 0 aliphatic heterocycles. The summed E-state index contributed by atoms with van der Waals surface area (Å²) in [6, 6.07) is 5.16. The predicted octanol–water partition coefficient (Wildman–Crippen LogP) is 2.35. The molecule has 1 amide bonds. The molecule has 0 bridgehead atoms. The normalized spacial score (nSPS) is 21.2. The third-order valence-corrected chi connectivity index (χ3v) is 6.70. The Hall–Kier alpha value is -1.60. The number of anilines is 1. The average Bonchev–Trinajstić information content (AvgIpc) is 2.56. The Bertz CT molecular complexity index is 716. The summed E-state index contributed by atoms with van der Waals surface area (Å²) in [6.07, 6.45) is 4.58. The molecule has 2 atom stereocenters. The Morgan fingerprint density at radius 2 is 1.92 bits per heavy atom. The molecule has 7 heteroatoms. The molecular formula is C18H29N3O3S. The smallest absolute Gasteiger partial charge is 0.242 e. The van der Waals surface area contributed by atoms with Crippen LogP contribution in [-0.2, 0) is 14.8 Å². The number of hydrogen-bond acceptors (Lipinski definition) is 4. The minimum absolute atomic E-state index is 0.0565. The number of hydrogen-bond donors (Lipinski definition) is 2. The zero-order chi connectivity index (χ0) is 18.6. The number of aryl methyl sites for hydroxylation is 1. The van der Waals surface area contributed by atoms with E-state index < -0.39 is 10.0 Å². The van der Waals surface area contributed by atoms with Gasteiger partial charge in [-0.05, 0) is 43.4 Å². The molecule has 0 saturated heterocycles. The van der Waals surface area contributed by atoms with Crippen LogP contribution < -0.4 is 10.6 Å². The topological polar surface area (TPSA) is 78.5 Å². The maximum absolute atomic E-state index is 12.3. The van der Waals surface area contributed by atoms with Gasteiger partial charge in [0.1, 0.15) is 0 Å². The van der Waals surface area contributed by atoms with Crippen LogP contribution in [0.5, 0.6) is 0 Å². The van der Waals surface area contributed by atoms with E-state index in [0.29, 0.717) is 11.6 Å². The highest BCUT2D eigenvalue weighted by atomic mass is 32.2. The van der Waals surface area contributed by atoms with Gasteiger partial charge in [-0.3, -0.25) is 4.79 Å². The van der Waals surface area contributed by atoms with E-state index in [-0.39, 0.29) is 23.4 Å². The van der Waals surface area contributed by atoms with Crippen LogP contribution in [0.4, 0.5) is 5.69 Å². The van der Waals surface area contributed by atoms with Gasteiger partial charge in [-0.25, -0.2) is 12.7 Å². The third kappa shape index (κ3) is 4.95. The van der Waals surface area contributed by atoms with Crippen molar-refractivity contribution in [3.63, 3.8) is 0 Å². The lowest BCUT2D eigenvalue weighted by Gasteiger charge is -2.29. The zero-order valence-corrected chi connectivity index (χ0v) is 16.3. The van der Waals surface area contributed by atoms with Crippen LogP contribution in [0.2, 0.25) is 0 Å². The lowest BCUT2D eigenvalue weighted by molar-refractivity contribution is -0.120. The van der Waals surface area contributed by atoms with E-state index in [1.165, 1.54) is 24.8 Å². The van der Waals surface area contributed by atoms with Gasteiger partial charge in [0.25, 0.3) is 0 Å². The molecule has 25 heavy (non-hydrogen) atoms. The number of nitrogens with zero attached hydrogens (tertiary/aromatic N) is 1. The van der Waals surface area contributed by atoms with Crippen LogP contribution in [0.3, 0.4) is 0 Å². The number of amides is 1. The van der Waals surface area contributed by atoms with Crippen LogP contribution in [0.25, 0.3) is 0 Å². The van der Waals surface area contributed by atoms with Gasteiger partial charge in [0.05, 0.1) is 11.4 Å². The first-order valence-corrected chi connectivity index (χ1v) is 10.2. The Labute approximate surface area is 151 Å². The minimum atomic E-state index is -3.49. The Balaban J connectivity index is 2.01. The van der Waals surface area contributed by atoms with Crippen molar-refractivity contribution in [2.75, 3.05) is 26.0 Å². The molecular weight excluding hydrogens is 338 g/mol. The van der Waals surface area contributed by atoms with E-state index >= 15 is 0 Å². The summed E-state index contributed by atoms with van der Waals surface area (Å²) in [5.41, 5.74) is 1.56. The molecule has 0 heterocycles. The number of carbonyl (C=O) groups excluding carboxylic acids is 1. The molecule has 2 N–H and O–H groups in total. The van der Waals surface area contributed by atoms with Gasteiger partial charge in [0, 0.05) is 25.8 Å². The molecule has 0 aromatic heterocycles. The summed E-state index contributed by atoms with van der Waals surface area (Å²) >= 11 is 0. The fourth-order valence-corrected chi connectivity index (χ4v) is 4.06. The highest BCUT2D eigenvalue weighted by molar-refractivity contribution is 7.89. The first kappa shape index (κ1) is 19.7. The summed E-state index contributed by atoms with van der Waals surface area (Å²) < 4.78 is 25.7. The molecule has 1 fully saturated rings. The van der Waals surface area contributed by atoms with Crippen LogP contribution in [0.1, 0.15) is 38.2 Å². The van der Waals surface area contributed by atoms with E-state index in [4.69, 9.17) is 0 Å². The van der Waals surface area contributed by atoms with Crippen molar-refractivity contribution in [1.29, 1.82) is 0 Å². The van der Waals surface area contributed by atoms with Gasteiger partial charge in [-0.1, -0.05) is 25.8 Å². The van der Waals surface area contributed by atoms with E-state index in [2.05, 4.69) is 17.6 Å². The standard InChI is InChI=1S/C18H29N3O3S/c1-13-7-5-6-8-16(13)20-18(22)12-19-17-11-15(10-9-14(17)2)25(23,24)21(3)4/h9-11,13,16,19H,5-8,12H2,1-4H3,(H,20,22). The highest BCUT2D eigenvalue weighted by Crippen LogP contribution is 2.24. The predicted molar refractivity (Wildman–Crippen MR) is 100 cm³/mol. The van der Waals surface area contributed by atoms with Crippen LogP contribution in [0, 0.1) is 12.8 Å². The maximum Gasteiger partial charge on any atom is 0.242 e. The van der Waals surface area contributed by atoms with Crippen molar-refractivity contribution < 1.29 is 13.2 Å². The molecule has 0 spiro atoms. The Kier molecular flexibility index (Phi) is 6.46. The molecule has 1 aliphatic carbocycles. The summed E-state index contributed by atoms with van der Waals surface area (Å²) in [7, 11) is -0.490. The molecule has 140 valence electrons.